The van der Waals surface area contributed by atoms with Crippen LogP contribution in [0.2, 0.25) is 0 Å². The summed E-state index contributed by atoms with van der Waals surface area (Å²) in [6.45, 7) is 2.38. The normalized spacial score (nSPS) is 37.5. The molecule has 0 aromatic heterocycles. The topological polar surface area (TPSA) is 52.3 Å². The number of carbonyl (C=O) groups excluding carboxylic acids is 1. The summed E-state index contributed by atoms with van der Waals surface area (Å²) >= 11 is 0. The quantitative estimate of drug-likeness (QED) is 0.433. The molecule has 1 unspecified atom stereocenters. The van der Waals surface area contributed by atoms with Gasteiger partial charge in [-0.25, -0.2) is 0 Å². The van der Waals surface area contributed by atoms with Crippen molar-refractivity contribution in [2.75, 3.05) is 6.61 Å². The minimum atomic E-state index is -0.380. The van der Waals surface area contributed by atoms with Crippen LogP contribution in [0.5, 0.6) is 0 Å². The van der Waals surface area contributed by atoms with Gasteiger partial charge in [0.05, 0.1) is 6.61 Å². The molecule has 2 N–H and O–H groups in total. The molecule has 8 heavy (non-hydrogen) atoms. The molecule has 3 heteroatoms. The van der Waals surface area contributed by atoms with Crippen molar-refractivity contribution in [1.82, 2.24) is 0 Å². The van der Waals surface area contributed by atoms with Gasteiger partial charge in [-0.2, -0.15) is 0 Å². The van der Waals surface area contributed by atoms with E-state index in [0.29, 0.717) is 6.61 Å². The first-order chi connectivity index (χ1) is 3.72. The minimum absolute atomic E-state index is 0.197. The van der Waals surface area contributed by atoms with E-state index in [4.69, 9.17) is 5.73 Å². The maximum atomic E-state index is 10.4. The van der Waals surface area contributed by atoms with Crippen LogP contribution in [0.25, 0.3) is 0 Å². The van der Waals surface area contributed by atoms with E-state index in [9.17, 15) is 4.79 Å². The maximum absolute atomic E-state index is 10.4. The zero-order valence-corrected chi connectivity index (χ0v) is 4.76. The van der Waals surface area contributed by atoms with Gasteiger partial charge in [-0.1, -0.05) is 6.92 Å². The first kappa shape index (κ1) is 5.56. The fourth-order valence-electron chi connectivity index (χ4n) is 0.646. The van der Waals surface area contributed by atoms with Crippen molar-refractivity contribution in [3.8, 4) is 0 Å². The molecule has 46 valence electrons. The molecular weight excluding hydrogens is 106 g/mol. The summed E-state index contributed by atoms with van der Waals surface area (Å²) < 4.78 is 4.61. The average molecular weight is 115 g/mol. The summed E-state index contributed by atoms with van der Waals surface area (Å²) in [5.74, 6) is -0.0694. The summed E-state index contributed by atoms with van der Waals surface area (Å²) in [5.41, 5.74) is 5.35. The van der Waals surface area contributed by atoms with Crippen LogP contribution in [0.4, 0.5) is 0 Å². The van der Waals surface area contributed by atoms with Crippen molar-refractivity contribution in [1.29, 1.82) is 0 Å². The predicted octanol–water partition coefficient (Wildman–Crippen LogP) is -0.493. The molecule has 0 bridgehead atoms. The van der Waals surface area contributed by atoms with E-state index in [1.807, 2.05) is 6.92 Å². The summed E-state index contributed by atoms with van der Waals surface area (Å²) in [4.78, 5) is 10.4. The number of ether oxygens (including phenoxy) is 1. The molecule has 1 aliphatic rings. The highest BCUT2D eigenvalue weighted by atomic mass is 16.5. The Morgan fingerprint density at radius 2 is 2.50 bits per heavy atom. The molecule has 2 atom stereocenters. The first-order valence-corrected chi connectivity index (χ1v) is 2.64. The van der Waals surface area contributed by atoms with Gasteiger partial charge in [0.2, 0.25) is 0 Å². The van der Waals surface area contributed by atoms with Gasteiger partial charge in [-0.15, -0.1) is 0 Å². The molecule has 1 rings (SSSR count). The molecule has 0 spiro atoms. The van der Waals surface area contributed by atoms with Gasteiger partial charge in [-0.05, 0) is 0 Å². The van der Waals surface area contributed by atoms with E-state index >= 15 is 0 Å². The Bertz CT molecular complexity index is 113. The maximum Gasteiger partial charge on any atom is 0.323 e. The molecule has 0 amide bonds. The van der Waals surface area contributed by atoms with E-state index in [-0.39, 0.29) is 17.9 Å². The van der Waals surface area contributed by atoms with E-state index in [1.54, 1.807) is 0 Å². The smallest absolute Gasteiger partial charge is 0.323 e. The summed E-state index contributed by atoms with van der Waals surface area (Å²) in [6.07, 6.45) is 0. The van der Waals surface area contributed by atoms with E-state index in [2.05, 4.69) is 4.74 Å². The lowest BCUT2D eigenvalue weighted by molar-refractivity contribution is -0.139. The molecule has 1 saturated heterocycles. The Morgan fingerprint density at radius 3 is 2.62 bits per heavy atom. The number of hydrogen-bond acceptors (Lipinski definition) is 3. The third-order valence-electron chi connectivity index (χ3n) is 1.37. The van der Waals surface area contributed by atoms with Gasteiger partial charge >= 0.3 is 5.97 Å². The zero-order valence-electron chi connectivity index (χ0n) is 4.76. The highest BCUT2D eigenvalue weighted by Crippen LogP contribution is 2.10. The average Bonchev–Trinajstić information content (AvgIpc) is 1.98. The standard InChI is InChI=1S/C5H9NO2/c1-3-2-8-5(7)4(3)6/h3-4H,2,6H2,1H3/t3?,4-/m0/s1. The monoisotopic (exact) mass is 115 g/mol. The van der Waals surface area contributed by atoms with Crippen LogP contribution in [0.1, 0.15) is 6.92 Å². The Kier molecular flexibility index (Phi) is 1.21. The van der Waals surface area contributed by atoms with Crippen LogP contribution in [0, 0.1) is 5.92 Å². The third-order valence-corrected chi connectivity index (χ3v) is 1.37. The Hall–Kier alpha value is -0.570. The summed E-state index contributed by atoms with van der Waals surface area (Å²) in [5, 5.41) is 0. The van der Waals surface area contributed by atoms with Crippen molar-refractivity contribution in [2.24, 2.45) is 11.7 Å². The lowest BCUT2D eigenvalue weighted by Crippen LogP contribution is -2.30. The number of esters is 1. The van der Waals surface area contributed by atoms with Gasteiger partial charge in [0, 0.05) is 5.92 Å². The number of carbonyl (C=O) groups is 1. The number of cyclic esters (lactones) is 1. The Labute approximate surface area is 47.8 Å². The van der Waals surface area contributed by atoms with Gasteiger partial charge in [0.25, 0.3) is 0 Å². The minimum Gasteiger partial charge on any atom is -0.464 e. The molecule has 0 aromatic rings. The van der Waals surface area contributed by atoms with Gasteiger partial charge in [-0.3, -0.25) is 4.79 Å². The van der Waals surface area contributed by atoms with Gasteiger partial charge in [0.15, 0.2) is 0 Å². The van der Waals surface area contributed by atoms with E-state index in [1.165, 1.54) is 0 Å². The Balaban J connectivity index is 2.56. The molecule has 1 aliphatic heterocycles. The van der Waals surface area contributed by atoms with Crippen LogP contribution < -0.4 is 5.73 Å². The fourth-order valence-corrected chi connectivity index (χ4v) is 0.646. The van der Waals surface area contributed by atoms with Crippen LogP contribution in [0.3, 0.4) is 0 Å². The lowest BCUT2D eigenvalue weighted by atomic mass is 10.1. The van der Waals surface area contributed by atoms with Crippen molar-refractivity contribution < 1.29 is 9.53 Å². The molecule has 0 saturated carbocycles. The Morgan fingerprint density at radius 1 is 1.88 bits per heavy atom. The predicted molar refractivity (Wildman–Crippen MR) is 28.1 cm³/mol. The van der Waals surface area contributed by atoms with Crippen molar-refractivity contribution >= 4 is 5.97 Å². The second kappa shape index (κ2) is 1.74. The van der Waals surface area contributed by atoms with Crippen molar-refractivity contribution in [3.05, 3.63) is 0 Å². The van der Waals surface area contributed by atoms with E-state index < -0.39 is 0 Å². The highest BCUT2D eigenvalue weighted by Gasteiger charge is 2.29. The molecule has 1 fully saturated rings. The lowest BCUT2D eigenvalue weighted by Gasteiger charge is -1.98. The molecular formula is C5H9NO2. The van der Waals surface area contributed by atoms with Crippen LogP contribution in [-0.2, 0) is 9.53 Å². The zero-order chi connectivity index (χ0) is 6.15. The second-order valence-electron chi connectivity index (χ2n) is 2.13. The molecule has 0 aliphatic carbocycles. The van der Waals surface area contributed by atoms with Gasteiger partial charge in [0.1, 0.15) is 6.04 Å². The van der Waals surface area contributed by atoms with Crippen LogP contribution in [-0.4, -0.2) is 18.6 Å². The number of hydrogen-bond donors (Lipinski definition) is 1. The summed E-state index contributed by atoms with van der Waals surface area (Å²) in [7, 11) is 0. The van der Waals surface area contributed by atoms with E-state index in [0.717, 1.165) is 0 Å². The number of nitrogens with two attached hydrogens (primary N) is 1. The fraction of sp³-hybridized carbons (Fsp3) is 0.800. The first-order valence-electron chi connectivity index (χ1n) is 2.64. The molecule has 1 heterocycles. The number of rotatable bonds is 0. The third kappa shape index (κ3) is 0.690. The largest absolute Gasteiger partial charge is 0.464 e. The second-order valence-corrected chi connectivity index (χ2v) is 2.13. The molecule has 0 aromatic carbocycles. The van der Waals surface area contributed by atoms with Crippen molar-refractivity contribution in [2.45, 2.75) is 13.0 Å². The SMILES string of the molecule is CC1COC(=O)[C@H]1N. The molecule has 0 radical (unpaired) electrons. The highest BCUT2D eigenvalue weighted by molar-refractivity contribution is 5.77. The summed E-state index contributed by atoms with van der Waals surface area (Å²) in [6, 6.07) is -0.380. The van der Waals surface area contributed by atoms with Gasteiger partial charge < -0.3 is 10.5 Å². The van der Waals surface area contributed by atoms with Crippen LogP contribution in [0.15, 0.2) is 0 Å². The molecule has 3 nitrogen and oxygen atoms in total. The van der Waals surface area contributed by atoms with Crippen molar-refractivity contribution in [3.63, 3.8) is 0 Å². The van der Waals surface area contributed by atoms with Crippen LogP contribution >= 0.6 is 0 Å².